The summed E-state index contributed by atoms with van der Waals surface area (Å²) in [5.41, 5.74) is 0.437. The van der Waals surface area contributed by atoms with Crippen LogP contribution >= 0.6 is 0 Å². The zero-order chi connectivity index (χ0) is 17.1. The van der Waals surface area contributed by atoms with E-state index in [0.717, 1.165) is 19.3 Å². The Hall–Kier alpha value is -1.66. The maximum atomic E-state index is 13.6. The molecular weight excluding hydrogens is 313 g/mol. The van der Waals surface area contributed by atoms with Gasteiger partial charge in [-0.2, -0.15) is 0 Å². The Labute approximate surface area is 141 Å². The fourth-order valence-corrected chi connectivity index (χ4v) is 3.88. The van der Waals surface area contributed by atoms with Gasteiger partial charge in [0.2, 0.25) is 0 Å². The van der Waals surface area contributed by atoms with Gasteiger partial charge in [0.05, 0.1) is 32.5 Å². The molecule has 1 amide bonds. The monoisotopic (exact) mass is 337 g/mol. The molecule has 3 unspecified atom stereocenters. The van der Waals surface area contributed by atoms with Gasteiger partial charge in [0.25, 0.3) is 5.91 Å². The van der Waals surface area contributed by atoms with Gasteiger partial charge < -0.3 is 19.1 Å². The van der Waals surface area contributed by atoms with Crippen molar-refractivity contribution in [1.82, 2.24) is 4.90 Å². The molecule has 6 heteroatoms. The van der Waals surface area contributed by atoms with E-state index in [1.54, 1.807) is 7.11 Å². The van der Waals surface area contributed by atoms with Crippen molar-refractivity contribution < 1.29 is 23.4 Å². The summed E-state index contributed by atoms with van der Waals surface area (Å²) < 4.78 is 29.8. The zero-order valence-corrected chi connectivity index (χ0v) is 14.2. The normalized spacial score (nSPS) is 27.3. The number of amides is 1. The summed E-state index contributed by atoms with van der Waals surface area (Å²) in [7, 11) is 3.12. The maximum Gasteiger partial charge on any atom is 0.254 e. The van der Waals surface area contributed by atoms with E-state index in [0.29, 0.717) is 25.3 Å². The first kappa shape index (κ1) is 17.2. The molecule has 2 fully saturated rings. The second-order valence-electron chi connectivity index (χ2n) is 6.36. The summed E-state index contributed by atoms with van der Waals surface area (Å²) >= 11 is 0. The number of nitrogens with zero attached hydrogens (tertiary/aromatic N) is 1. The van der Waals surface area contributed by atoms with Crippen LogP contribution in [-0.2, 0) is 9.47 Å². The zero-order valence-electron chi connectivity index (χ0n) is 14.2. The molecule has 0 bridgehead atoms. The lowest BCUT2D eigenvalue weighted by Gasteiger charge is -2.40. The Morgan fingerprint density at radius 3 is 2.92 bits per heavy atom. The number of rotatable bonds is 4. The Bertz CT molecular complexity index is 594. The van der Waals surface area contributed by atoms with Gasteiger partial charge in [-0.1, -0.05) is 6.42 Å². The highest BCUT2D eigenvalue weighted by molar-refractivity contribution is 5.95. The molecule has 0 radical (unpaired) electrons. The Balaban J connectivity index is 1.83. The average molecular weight is 337 g/mol. The number of halogens is 1. The molecule has 1 heterocycles. The molecule has 3 rings (SSSR count). The van der Waals surface area contributed by atoms with Crippen molar-refractivity contribution >= 4 is 5.91 Å². The van der Waals surface area contributed by atoms with Crippen molar-refractivity contribution in [2.75, 3.05) is 34.0 Å². The van der Waals surface area contributed by atoms with Crippen molar-refractivity contribution in [1.29, 1.82) is 0 Å². The molecule has 24 heavy (non-hydrogen) atoms. The molecule has 5 nitrogen and oxygen atoms in total. The highest BCUT2D eigenvalue weighted by Gasteiger charge is 2.40. The molecule has 1 aliphatic heterocycles. The second kappa shape index (κ2) is 7.49. The predicted molar refractivity (Wildman–Crippen MR) is 86.7 cm³/mol. The van der Waals surface area contributed by atoms with E-state index in [-0.39, 0.29) is 29.7 Å². The third-order valence-electron chi connectivity index (χ3n) is 5.13. The van der Waals surface area contributed by atoms with E-state index in [9.17, 15) is 9.18 Å². The van der Waals surface area contributed by atoms with Crippen LogP contribution < -0.4 is 4.74 Å². The number of ether oxygens (including phenoxy) is 3. The first-order chi connectivity index (χ1) is 11.7. The smallest absolute Gasteiger partial charge is 0.254 e. The van der Waals surface area contributed by atoms with Gasteiger partial charge in [-0.05, 0) is 31.0 Å². The molecule has 0 spiro atoms. The topological polar surface area (TPSA) is 48.0 Å². The summed E-state index contributed by atoms with van der Waals surface area (Å²) in [6.45, 7) is 1.58. The molecule has 1 saturated heterocycles. The lowest BCUT2D eigenvalue weighted by molar-refractivity contribution is -0.0460. The minimum absolute atomic E-state index is 0.00486. The second-order valence-corrected chi connectivity index (χ2v) is 6.36. The minimum atomic E-state index is -0.470. The molecular formula is C18H24FNO4. The predicted octanol–water partition coefficient (Wildman–Crippen LogP) is 2.49. The number of morpholine rings is 1. The van der Waals surface area contributed by atoms with E-state index < -0.39 is 5.82 Å². The van der Waals surface area contributed by atoms with Crippen LogP contribution in [0.15, 0.2) is 18.2 Å². The molecule has 1 saturated carbocycles. The van der Waals surface area contributed by atoms with Gasteiger partial charge in [0, 0.05) is 25.1 Å². The molecule has 0 N–H and O–H groups in total. The number of carbonyl (C=O) groups excluding carboxylic acids is 1. The Morgan fingerprint density at radius 2 is 2.17 bits per heavy atom. The number of hydrogen-bond donors (Lipinski definition) is 0. The van der Waals surface area contributed by atoms with Crippen LogP contribution in [0, 0.1) is 11.7 Å². The molecule has 3 atom stereocenters. The van der Waals surface area contributed by atoms with Crippen LogP contribution in [0.5, 0.6) is 5.75 Å². The van der Waals surface area contributed by atoms with E-state index in [1.165, 1.54) is 25.3 Å². The summed E-state index contributed by atoms with van der Waals surface area (Å²) in [5.74, 6) is -0.214. The lowest BCUT2D eigenvalue weighted by atomic mass is 9.93. The van der Waals surface area contributed by atoms with E-state index >= 15 is 0 Å². The molecule has 2 aliphatic rings. The highest BCUT2D eigenvalue weighted by atomic mass is 19.1. The third kappa shape index (κ3) is 3.26. The largest absolute Gasteiger partial charge is 0.494 e. The molecule has 132 valence electrons. The van der Waals surface area contributed by atoms with Gasteiger partial charge in [0.1, 0.15) is 0 Å². The van der Waals surface area contributed by atoms with Gasteiger partial charge in [0.15, 0.2) is 11.6 Å². The summed E-state index contributed by atoms with van der Waals surface area (Å²) in [6, 6.07) is 4.24. The number of hydrogen-bond acceptors (Lipinski definition) is 4. The van der Waals surface area contributed by atoms with Crippen molar-refractivity contribution in [3.63, 3.8) is 0 Å². The molecule has 0 aromatic heterocycles. The van der Waals surface area contributed by atoms with Gasteiger partial charge in [-0.3, -0.25) is 4.79 Å². The van der Waals surface area contributed by atoms with Crippen molar-refractivity contribution in [3.05, 3.63) is 29.6 Å². The SMILES string of the molecule is COc1cc(C(=O)N2CCOCC2C2CCCC2OC)ccc1F. The van der Waals surface area contributed by atoms with Crippen LogP contribution in [0.1, 0.15) is 29.6 Å². The number of methoxy groups -OCH3 is 2. The Kier molecular flexibility index (Phi) is 5.36. The van der Waals surface area contributed by atoms with Crippen molar-refractivity contribution in [2.45, 2.75) is 31.4 Å². The average Bonchev–Trinajstić information content (AvgIpc) is 3.10. The summed E-state index contributed by atoms with van der Waals surface area (Å²) in [4.78, 5) is 14.9. The molecule has 1 aromatic rings. The van der Waals surface area contributed by atoms with Crippen molar-refractivity contribution in [3.8, 4) is 5.75 Å². The number of carbonyl (C=O) groups is 1. The van der Waals surface area contributed by atoms with Gasteiger partial charge in [-0.15, -0.1) is 0 Å². The molecule has 1 aromatic carbocycles. The molecule has 1 aliphatic carbocycles. The van der Waals surface area contributed by atoms with E-state index in [2.05, 4.69) is 0 Å². The van der Waals surface area contributed by atoms with Crippen LogP contribution in [0.3, 0.4) is 0 Å². The Morgan fingerprint density at radius 1 is 1.33 bits per heavy atom. The fourth-order valence-electron chi connectivity index (χ4n) is 3.88. The van der Waals surface area contributed by atoms with E-state index in [1.807, 2.05) is 4.90 Å². The highest BCUT2D eigenvalue weighted by Crippen LogP contribution is 2.34. The van der Waals surface area contributed by atoms with Crippen LogP contribution in [-0.4, -0.2) is 56.9 Å². The fraction of sp³-hybridized carbons (Fsp3) is 0.611. The summed E-state index contributed by atoms with van der Waals surface area (Å²) in [6.07, 6.45) is 3.31. The lowest BCUT2D eigenvalue weighted by Crippen LogP contribution is -2.53. The van der Waals surface area contributed by atoms with E-state index in [4.69, 9.17) is 14.2 Å². The first-order valence-electron chi connectivity index (χ1n) is 8.40. The van der Waals surface area contributed by atoms with Crippen LogP contribution in [0.2, 0.25) is 0 Å². The maximum absolute atomic E-state index is 13.6. The van der Waals surface area contributed by atoms with Gasteiger partial charge in [-0.25, -0.2) is 4.39 Å². The first-order valence-corrected chi connectivity index (χ1v) is 8.40. The minimum Gasteiger partial charge on any atom is -0.494 e. The third-order valence-corrected chi connectivity index (χ3v) is 5.13. The van der Waals surface area contributed by atoms with Gasteiger partial charge >= 0.3 is 0 Å². The van der Waals surface area contributed by atoms with Crippen LogP contribution in [0.4, 0.5) is 4.39 Å². The quantitative estimate of drug-likeness (QED) is 0.847. The summed E-state index contributed by atoms with van der Waals surface area (Å²) in [5, 5.41) is 0. The standard InChI is InChI=1S/C18H24FNO4/c1-22-16-5-3-4-13(16)15-11-24-9-8-20(15)18(21)12-6-7-14(19)17(10-12)23-2/h6-7,10,13,15-16H,3-5,8-9,11H2,1-2H3. The number of benzene rings is 1. The van der Waals surface area contributed by atoms with Crippen LogP contribution in [0.25, 0.3) is 0 Å². The van der Waals surface area contributed by atoms with Crippen molar-refractivity contribution in [2.24, 2.45) is 5.92 Å².